The molecular formula is C13H10F3NO2. The van der Waals surface area contributed by atoms with Crippen LogP contribution in [0.2, 0.25) is 0 Å². The molecule has 0 unspecified atom stereocenters. The van der Waals surface area contributed by atoms with Gasteiger partial charge in [0.2, 0.25) is 0 Å². The van der Waals surface area contributed by atoms with Crippen LogP contribution in [0.1, 0.15) is 40.4 Å². The molecule has 2 aromatic rings. The molecule has 0 aliphatic heterocycles. The number of rotatable bonds is 2. The van der Waals surface area contributed by atoms with E-state index in [1.165, 1.54) is 0 Å². The predicted molar refractivity (Wildman–Crippen MR) is 61.7 cm³/mol. The first kappa shape index (κ1) is 12.1. The number of hydrogen-bond acceptors (Lipinski definition) is 2. The summed E-state index contributed by atoms with van der Waals surface area (Å²) in [6.45, 7) is 0. The third kappa shape index (κ3) is 2.07. The number of primary amides is 1. The van der Waals surface area contributed by atoms with Crippen LogP contribution in [0, 0.1) is 0 Å². The number of furan rings is 1. The number of carbonyl (C=O) groups excluding carboxylic acids is 1. The fourth-order valence-electron chi connectivity index (χ4n) is 2.17. The van der Waals surface area contributed by atoms with Crippen molar-refractivity contribution in [1.82, 2.24) is 0 Å². The van der Waals surface area contributed by atoms with Gasteiger partial charge in [-0.05, 0) is 42.5 Å². The van der Waals surface area contributed by atoms with E-state index in [0.29, 0.717) is 5.56 Å². The van der Waals surface area contributed by atoms with Gasteiger partial charge in [0, 0.05) is 5.39 Å². The molecule has 0 radical (unpaired) electrons. The lowest BCUT2D eigenvalue weighted by Crippen LogP contribution is -2.09. The summed E-state index contributed by atoms with van der Waals surface area (Å²) in [6, 6.07) is 3.76. The van der Waals surface area contributed by atoms with Gasteiger partial charge in [0.1, 0.15) is 5.58 Å². The Kier molecular flexibility index (Phi) is 2.39. The number of fused-ring (bicyclic) bond motifs is 1. The van der Waals surface area contributed by atoms with Gasteiger partial charge >= 0.3 is 6.18 Å². The number of amides is 1. The molecular weight excluding hydrogens is 259 g/mol. The zero-order valence-corrected chi connectivity index (χ0v) is 9.75. The highest BCUT2D eigenvalue weighted by Crippen LogP contribution is 2.44. The highest BCUT2D eigenvalue weighted by atomic mass is 19.4. The van der Waals surface area contributed by atoms with Gasteiger partial charge in [0.05, 0.1) is 5.56 Å². The average Bonchev–Trinajstić information content (AvgIpc) is 3.05. The van der Waals surface area contributed by atoms with Crippen molar-refractivity contribution >= 4 is 16.9 Å². The minimum Gasteiger partial charge on any atom is -0.451 e. The molecule has 1 aromatic carbocycles. The third-order valence-electron chi connectivity index (χ3n) is 3.26. The van der Waals surface area contributed by atoms with Gasteiger partial charge in [0.25, 0.3) is 5.91 Å². The number of halogens is 3. The summed E-state index contributed by atoms with van der Waals surface area (Å²) in [5.74, 6) is -0.974. The lowest BCUT2D eigenvalue weighted by molar-refractivity contribution is -0.136. The fourth-order valence-corrected chi connectivity index (χ4v) is 2.17. The molecule has 0 saturated heterocycles. The van der Waals surface area contributed by atoms with Gasteiger partial charge in [-0.3, -0.25) is 4.79 Å². The van der Waals surface area contributed by atoms with Crippen molar-refractivity contribution < 1.29 is 22.4 Å². The molecule has 19 heavy (non-hydrogen) atoms. The highest BCUT2D eigenvalue weighted by Gasteiger charge is 2.36. The first-order valence-electron chi connectivity index (χ1n) is 5.81. The van der Waals surface area contributed by atoms with Crippen LogP contribution >= 0.6 is 0 Å². The topological polar surface area (TPSA) is 56.2 Å². The molecule has 6 heteroatoms. The Morgan fingerprint density at radius 1 is 1.26 bits per heavy atom. The van der Waals surface area contributed by atoms with Gasteiger partial charge in [-0.2, -0.15) is 13.2 Å². The van der Waals surface area contributed by atoms with E-state index in [2.05, 4.69) is 0 Å². The van der Waals surface area contributed by atoms with Crippen molar-refractivity contribution in [2.75, 3.05) is 0 Å². The SMILES string of the molecule is NC(=O)c1cc2c(C(F)(F)F)cc(C3CC3)cc2o1. The molecule has 0 bridgehead atoms. The van der Waals surface area contributed by atoms with Crippen molar-refractivity contribution in [1.29, 1.82) is 0 Å². The summed E-state index contributed by atoms with van der Waals surface area (Å²) in [5, 5.41) is -0.120. The van der Waals surface area contributed by atoms with Crippen LogP contribution < -0.4 is 5.73 Å². The standard InChI is InChI=1S/C13H10F3NO2/c14-13(15,16)9-3-7(6-1-2-6)4-10-8(9)5-11(19-10)12(17)18/h3-6H,1-2H2,(H2,17,18). The Balaban J connectivity index is 2.27. The minimum absolute atomic E-state index is 0.0607. The van der Waals surface area contributed by atoms with E-state index in [4.69, 9.17) is 10.2 Å². The second-order valence-corrected chi connectivity index (χ2v) is 4.73. The van der Waals surface area contributed by atoms with E-state index in [1.54, 1.807) is 6.07 Å². The van der Waals surface area contributed by atoms with Crippen LogP contribution in [-0.2, 0) is 6.18 Å². The summed E-state index contributed by atoms with van der Waals surface area (Å²) >= 11 is 0. The van der Waals surface area contributed by atoms with E-state index in [9.17, 15) is 18.0 Å². The van der Waals surface area contributed by atoms with Crippen molar-refractivity contribution in [3.63, 3.8) is 0 Å². The predicted octanol–water partition coefficient (Wildman–Crippen LogP) is 3.43. The van der Waals surface area contributed by atoms with Gasteiger partial charge in [-0.15, -0.1) is 0 Å². The van der Waals surface area contributed by atoms with Crippen molar-refractivity contribution in [2.24, 2.45) is 5.73 Å². The largest absolute Gasteiger partial charge is 0.451 e. The molecule has 1 aliphatic carbocycles. The van der Waals surface area contributed by atoms with E-state index in [0.717, 1.165) is 25.0 Å². The van der Waals surface area contributed by atoms with E-state index < -0.39 is 17.6 Å². The molecule has 1 amide bonds. The molecule has 1 saturated carbocycles. The van der Waals surface area contributed by atoms with Crippen LogP contribution in [-0.4, -0.2) is 5.91 Å². The van der Waals surface area contributed by atoms with E-state index >= 15 is 0 Å². The van der Waals surface area contributed by atoms with Crippen LogP contribution in [0.3, 0.4) is 0 Å². The van der Waals surface area contributed by atoms with Crippen LogP contribution in [0.25, 0.3) is 11.0 Å². The van der Waals surface area contributed by atoms with Crippen molar-refractivity contribution in [2.45, 2.75) is 24.9 Å². The minimum atomic E-state index is -4.48. The van der Waals surface area contributed by atoms with Crippen molar-refractivity contribution in [3.05, 3.63) is 35.1 Å². The lowest BCUT2D eigenvalue weighted by atomic mass is 10.0. The Bertz CT molecular complexity index is 668. The van der Waals surface area contributed by atoms with E-state index in [1.807, 2.05) is 0 Å². The van der Waals surface area contributed by atoms with Gasteiger partial charge in [0.15, 0.2) is 5.76 Å². The molecule has 1 fully saturated rings. The normalized spacial score (nSPS) is 15.9. The van der Waals surface area contributed by atoms with Crippen LogP contribution in [0.5, 0.6) is 0 Å². The average molecular weight is 269 g/mol. The maximum atomic E-state index is 13.0. The first-order chi connectivity index (χ1) is 8.86. The number of carbonyl (C=O) groups is 1. The first-order valence-corrected chi connectivity index (χ1v) is 5.81. The van der Waals surface area contributed by atoms with Crippen molar-refractivity contribution in [3.8, 4) is 0 Å². The molecule has 3 rings (SSSR count). The molecule has 1 aliphatic rings. The highest BCUT2D eigenvalue weighted by molar-refractivity contribution is 5.96. The Morgan fingerprint density at radius 2 is 1.95 bits per heavy atom. The zero-order chi connectivity index (χ0) is 13.8. The molecule has 1 heterocycles. The van der Waals surface area contributed by atoms with Gasteiger partial charge in [-0.1, -0.05) is 0 Å². The van der Waals surface area contributed by atoms with Gasteiger partial charge < -0.3 is 10.2 Å². The summed E-state index contributed by atoms with van der Waals surface area (Å²) in [4.78, 5) is 11.0. The molecule has 3 nitrogen and oxygen atoms in total. The number of nitrogens with two attached hydrogens (primary N) is 1. The Labute approximate surface area is 106 Å². The maximum Gasteiger partial charge on any atom is 0.417 e. The molecule has 100 valence electrons. The number of alkyl halides is 3. The zero-order valence-electron chi connectivity index (χ0n) is 9.75. The molecule has 1 aromatic heterocycles. The second kappa shape index (κ2) is 3.76. The summed E-state index contributed by atoms with van der Waals surface area (Å²) in [6.07, 6.45) is -2.72. The Morgan fingerprint density at radius 3 is 2.47 bits per heavy atom. The monoisotopic (exact) mass is 269 g/mol. The summed E-state index contributed by atoms with van der Waals surface area (Å²) in [7, 11) is 0. The maximum absolute atomic E-state index is 13.0. The summed E-state index contributed by atoms with van der Waals surface area (Å²) < 4.78 is 44.2. The fraction of sp³-hybridized carbons (Fsp3) is 0.308. The number of benzene rings is 1. The van der Waals surface area contributed by atoms with Crippen LogP contribution in [0.4, 0.5) is 13.2 Å². The summed E-state index contributed by atoms with van der Waals surface area (Å²) in [5.41, 5.74) is 4.92. The number of hydrogen-bond donors (Lipinski definition) is 1. The smallest absolute Gasteiger partial charge is 0.417 e. The lowest BCUT2D eigenvalue weighted by Gasteiger charge is -2.09. The third-order valence-corrected chi connectivity index (χ3v) is 3.26. The molecule has 0 atom stereocenters. The molecule has 0 spiro atoms. The quantitative estimate of drug-likeness (QED) is 0.908. The van der Waals surface area contributed by atoms with Gasteiger partial charge in [-0.25, -0.2) is 0 Å². The van der Waals surface area contributed by atoms with E-state index in [-0.39, 0.29) is 22.6 Å². The van der Waals surface area contributed by atoms with Crippen LogP contribution in [0.15, 0.2) is 22.6 Å². The second-order valence-electron chi connectivity index (χ2n) is 4.73. The Hall–Kier alpha value is -1.98. The molecule has 2 N–H and O–H groups in total.